The second kappa shape index (κ2) is 13.1. The SMILES string of the molecule is c1ccc2c(c1)-c1ccccc1-c1cc(-n3c4ccccc4c4cc(-n5c6ccccc6c6ccccc65)ccc43)cc(-n3c4ccccc4c4ccccc43)c1-c1ccccc1-2. The topological polar surface area (TPSA) is 14.8 Å². The lowest BCUT2D eigenvalue weighted by Crippen LogP contribution is -2.06. The Morgan fingerprint density at radius 1 is 0.206 bits per heavy atom. The molecule has 3 heterocycles. The smallest absolute Gasteiger partial charge is 0.0567 e. The van der Waals surface area contributed by atoms with Gasteiger partial charge in [-0.15, -0.1) is 0 Å². The third-order valence-electron chi connectivity index (χ3n) is 13.6. The average molecular weight is 800 g/mol. The van der Waals surface area contributed by atoms with E-state index in [1.807, 2.05) is 0 Å². The van der Waals surface area contributed by atoms with Crippen molar-refractivity contribution in [1.29, 1.82) is 0 Å². The van der Waals surface area contributed by atoms with E-state index in [0.29, 0.717) is 0 Å². The highest BCUT2D eigenvalue weighted by Gasteiger charge is 2.28. The molecule has 1 aliphatic carbocycles. The lowest BCUT2D eigenvalue weighted by atomic mass is 9.80. The Bertz CT molecular complexity index is 3930. The molecule has 0 amide bonds. The van der Waals surface area contributed by atoms with Crippen molar-refractivity contribution < 1.29 is 0 Å². The van der Waals surface area contributed by atoms with E-state index in [9.17, 15) is 0 Å². The molecule has 0 bridgehead atoms. The number of benzene rings is 10. The van der Waals surface area contributed by atoms with Gasteiger partial charge in [0.05, 0.1) is 38.8 Å². The Kier molecular flexibility index (Phi) is 7.11. The molecule has 0 saturated carbocycles. The number of rotatable bonds is 3. The first kappa shape index (κ1) is 34.3. The van der Waals surface area contributed by atoms with Crippen LogP contribution in [0, 0.1) is 0 Å². The third-order valence-corrected chi connectivity index (χ3v) is 13.6. The molecule has 10 aromatic carbocycles. The first-order valence-corrected chi connectivity index (χ1v) is 21.8. The Balaban J connectivity index is 1.13. The molecule has 0 N–H and O–H groups in total. The minimum Gasteiger partial charge on any atom is -0.309 e. The fourth-order valence-corrected chi connectivity index (χ4v) is 11.0. The van der Waals surface area contributed by atoms with Crippen LogP contribution in [0.1, 0.15) is 0 Å². The molecule has 14 rings (SSSR count). The molecule has 0 spiro atoms. The zero-order valence-electron chi connectivity index (χ0n) is 34.2. The van der Waals surface area contributed by atoms with Gasteiger partial charge in [-0.05, 0) is 99.6 Å². The Hall–Kier alpha value is -8.40. The minimum absolute atomic E-state index is 1.11. The Morgan fingerprint density at radius 2 is 0.540 bits per heavy atom. The number of hydrogen-bond acceptors (Lipinski definition) is 0. The van der Waals surface area contributed by atoms with E-state index >= 15 is 0 Å². The maximum atomic E-state index is 2.52. The van der Waals surface area contributed by atoms with E-state index in [2.05, 4.69) is 238 Å². The van der Waals surface area contributed by atoms with Crippen molar-refractivity contribution in [3.8, 4) is 61.6 Å². The number of para-hydroxylation sites is 5. The predicted molar refractivity (Wildman–Crippen MR) is 265 cm³/mol. The Labute approximate surface area is 363 Å². The van der Waals surface area contributed by atoms with E-state index in [1.54, 1.807) is 0 Å². The molecule has 3 nitrogen and oxygen atoms in total. The molecule has 0 fully saturated rings. The summed E-state index contributed by atoms with van der Waals surface area (Å²) in [5.74, 6) is 0. The molecule has 0 unspecified atom stereocenters. The van der Waals surface area contributed by atoms with Crippen LogP contribution >= 0.6 is 0 Å². The normalized spacial score (nSPS) is 12.1. The van der Waals surface area contributed by atoms with E-state index in [4.69, 9.17) is 0 Å². The van der Waals surface area contributed by atoms with Crippen LogP contribution in [0.15, 0.2) is 224 Å². The fourth-order valence-electron chi connectivity index (χ4n) is 11.0. The van der Waals surface area contributed by atoms with Gasteiger partial charge in [-0.25, -0.2) is 0 Å². The lowest BCUT2D eigenvalue weighted by Gasteiger charge is -2.27. The first-order valence-electron chi connectivity index (χ1n) is 21.8. The fraction of sp³-hybridized carbons (Fsp3) is 0. The van der Waals surface area contributed by atoms with Crippen molar-refractivity contribution in [1.82, 2.24) is 13.7 Å². The van der Waals surface area contributed by atoms with Crippen LogP contribution in [0.2, 0.25) is 0 Å². The highest BCUT2D eigenvalue weighted by molar-refractivity contribution is 6.15. The number of fused-ring (bicyclic) bond motifs is 17. The maximum absolute atomic E-state index is 2.52. The molecule has 0 radical (unpaired) electrons. The molecule has 3 heteroatoms. The van der Waals surface area contributed by atoms with Gasteiger partial charge < -0.3 is 13.7 Å². The zero-order valence-corrected chi connectivity index (χ0v) is 34.2. The van der Waals surface area contributed by atoms with Gasteiger partial charge in [0, 0.05) is 49.3 Å². The van der Waals surface area contributed by atoms with Crippen LogP contribution in [-0.4, -0.2) is 13.7 Å². The van der Waals surface area contributed by atoms with Crippen molar-refractivity contribution in [2.24, 2.45) is 0 Å². The number of nitrogens with zero attached hydrogens (tertiary/aromatic N) is 3. The molecular formula is C60H37N3. The van der Waals surface area contributed by atoms with Crippen LogP contribution in [0.25, 0.3) is 127 Å². The van der Waals surface area contributed by atoms with Gasteiger partial charge in [-0.1, -0.05) is 164 Å². The first-order chi connectivity index (χ1) is 31.3. The van der Waals surface area contributed by atoms with Crippen molar-refractivity contribution in [3.63, 3.8) is 0 Å². The van der Waals surface area contributed by atoms with Crippen LogP contribution in [0.5, 0.6) is 0 Å². The van der Waals surface area contributed by atoms with Gasteiger partial charge in [-0.2, -0.15) is 0 Å². The van der Waals surface area contributed by atoms with Gasteiger partial charge >= 0.3 is 0 Å². The molecule has 0 aliphatic heterocycles. The monoisotopic (exact) mass is 799 g/mol. The number of aromatic nitrogens is 3. The summed E-state index contributed by atoms with van der Waals surface area (Å²) >= 11 is 0. The molecule has 1 aliphatic rings. The van der Waals surface area contributed by atoms with Gasteiger partial charge in [0.2, 0.25) is 0 Å². The maximum Gasteiger partial charge on any atom is 0.0567 e. The average Bonchev–Trinajstić information content (AvgIpc) is 3.99. The summed E-state index contributed by atoms with van der Waals surface area (Å²) in [6.45, 7) is 0. The van der Waals surface area contributed by atoms with Crippen LogP contribution in [0.4, 0.5) is 0 Å². The summed E-state index contributed by atoms with van der Waals surface area (Å²) in [7, 11) is 0. The minimum atomic E-state index is 1.11. The standard InChI is InChI=1S/C60H37N3/c1-2-18-41-40(17-1)42-19-3-4-21-44(42)52-36-39(37-59(60(52)50-27-6-5-20-43(41)50)63-56-31-15-9-24-47(56)48-25-10-16-32-57(48)63)62-55-30-14-11-26-49(55)51-35-38(33-34-58(51)62)61-53-28-12-7-22-45(53)46-23-8-13-29-54(46)61/h1-37H. The van der Waals surface area contributed by atoms with Crippen molar-refractivity contribution >= 4 is 65.4 Å². The largest absolute Gasteiger partial charge is 0.309 e. The van der Waals surface area contributed by atoms with E-state index in [1.165, 1.54) is 110 Å². The zero-order chi connectivity index (χ0) is 41.2. The van der Waals surface area contributed by atoms with Crippen molar-refractivity contribution in [2.45, 2.75) is 0 Å². The summed E-state index contributed by atoms with van der Waals surface area (Å²) in [4.78, 5) is 0. The second-order valence-corrected chi connectivity index (χ2v) is 16.8. The van der Waals surface area contributed by atoms with Crippen LogP contribution in [0.3, 0.4) is 0 Å². The summed E-state index contributed by atoms with van der Waals surface area (Å²) in [6.07, 6.45) is 0. The predicted octanol–water partition coefficient (Wildman–Crippen LogP) is 16.0. The van der Waals surface area contributed by atoms with Crippen LogP contribution < -0.4 is 0 Å². The quantitative estimate of drug-likeness (QED) is 0.169. The summed E-state index contributed by atoms with van der Waals surface area (Å²) in [5.41, 5.74) is 20.3. The molecule has 0 atom stereocenters. The molecule has 3 aromatic heterocycles. The van der Waals surface area contributed by atoms with Crippen LogP contribution in [-0.2, 0) is 0 Å². The summed E-state index contributed by atoms with van der Waals surface area (Å²) in [5, 5.41) is 7.45. The van der Waals surface area contributed by atoms with E-state index in [-0.39, 0.29) is 0 Å². The molecule has 292 valence electrons. The molecular weight excluding hydrogens is 763 g/mol. The highest BCUT2D eigenvalue weighted by atomic mass is 15.0. The molecule has 63 heavy (non-hydrogen) atoms. The van der Waals surface area contributed by atoms with Gasteiger partial charge in [0.1, 0.15) is 0 Å². The van der Waals surface area contributed by atoms with Gasteiger partial charge in [0.25, 0.3) is 0 Å². The third kappa shape index (κ3) is 4.79. The molecule has 0 saturated heterocycles. The molecule has 13 aromatic rings. The number of hydrogen-bond donors (Lipinski definition) is 0. The van der Waals surface area contributed by atoms with E-state index < -0.39 is 0 Å². The summed E-state index contributed by atoms with van der Waals surface area (Å²) in [6, 6.07) is 83.1. The van der Waals surface area contributed by atoms with E-state index in [0.717, 1.165) is 17.1 Å². The second-order valence-electron chi connectivity index (χ2n) is 16.8. The van der Waals surface area contributed by atoms with Gasteiger partial charge in [-0.3, -0.25) is 0 Å². The highest BCUT2D eigenvalue weighted by Crippen LogP contribution is 2.51. The van der Waals surface area contributed by atoms with Crippen molar-refractivity contribution in [2.75, 3.05) is 0 Å². The van der Waals surface area contributed by atoms with Crippen molar-refractivity contribution in [3.05, 3.63) is 224 Å². The van der Waals surface area contributed by atoms with Gasteiger partial charge in [0.15, 0.2) is 0 Å². The Morgan fingerprint density at radius 3 is 1.02 bits per heavy atom. The summed E-state index contributed by atoms with van der Waals surface area (Å²) < 4.78 is 7.45. The lowest BCUT2D eigenvalue weighted by molar-refractivity contribution is 1.13.